The third-order valence-corrected chi connectivity index (χ3v) is 5.78. The van der Waals surface area contributed by atoms with Crippen LogP contribution in [-0.4, -0.2) is 44.1 Å². The molecule has 0 bridgehead atoms. The second-order valence-electron chi connectivity index (χ2n) is 8.36. The number of pyridine rings is 1. The number of ether oxygens (including phenoxy) is 1. The van der Waals surface area contributed by atoms with Gasteiger partial charge in [-0.25, -0.2) is 0 Å². The molecule has 1 aromatic carbocycles. The van der Waals surface area contributed by atoms with Gasteiger partial charge in [0.05, 0.1) is 5.56 Å². The Labute approximate surface area is 187 Å². The van der Waals surface area contributed by atoms with Crippen molar-refractivity contribution in [2.45, 2.75) is 44.4 Å². The van der Waals surface area contributed by atoms with Crippen LogP contribution in [0.15, 0.2) is 42.6 Å². The van der Waals surface area contributed by atoms with Gasteiger partial charge in [-0.15, -0.1) is 10.2 Å². The lowest BCUT2D eigenvalue weighted by Gasteiger charge is -2.37. The van der Waals surface area contributed by atoms with Gasteiger partial charge in [0, 0.05) is 30.2 Å². The second kappa shape index (κ2) is 8.27. The fraction of sp³-hybridized carbons (Fsp3) is 0.409. The van der Waals surface area contributed by atoms with E-state index in [-0.39, 0.29) is 11.8 Å². The molecular formula is C22H22ClF3N4O2. The number of hydrogen-bond donors (Lipinski definition) is 0. The molecule has 0 saturated carbocycles. The molecule has 2 aromatic heterocycles. The minimum atomic E-state index is -4.46. The largest absolute Gasteiger partial charge is 0.478 e. The Morgan fingerprint density at radius 1 is 1.12 bits per heavy atom. The van der Waals surface area contributed by atoms with E-state index in [4.69, 9.17) is 16.3 Å². The first-order chi connectivity index (χ1) is 15.0. The van der Waals surface area contributed by atoms with E-state index in [1.54, 1.807) is 43.0 Å². The third kappa shape index (κ3) is 4.53. The van der Waals surface area contributed by atoms with Crippen molar-refractivity contribution < 1.29 is 22.7 Å². The fourth-order valence-electron chi connectivity index (χ4n) is 3.95. The van der Waals surface area contributed by atoms with E-state index in [9.17, 15) is 18.0 Å². The lowest BCUT2D eigenvalue weighted by molar-refractivity contribution is -0.146. The van der Waals surface area contributed by atoms with Crippen molar-refractivity contribution in [2.24, 2.45) is 0 Å². The number of hydrogen-bond acceptors (Lipinski definition) is 4. The van der Waals surface area contributed by atoms with Crippen LogP contribution in [0.3, 0.4) is 0 Å². The number of rotatable bonds is 4. The molecule has 6 nitrogen and oxygen atoms in total. The van der Waals surface area contributed by atoms with Gasteiger partial charge >= 0.3 is 6.18 Å². The van der Waals surface area contributed by atoms with Gasteiger partial charge in [-0.1, -0.05) is 11.6 Å². The molecule has 1 fully saturated rings. The molecule has 0 N–H and O–H groups in total. The van der Waals surface area contributed by atoms with Crippen LogP contribution in [0.4, 0.5) is 13.2 Å². The zero-order valence-electron chi connectivity index (χ0n) is 17.6. The van der Waals surface area contributed by atoms with Crippen LogP contribution in [0, 0.1) is 0 Å². The van der Waals surface area contributed by atoms with Crippen LogP contribution in [0.1, 0.15) is 44.0 Å². The van der Waals surface area contributed by atoms with E-state index in [2.05, 4.69) is 10.2 Å². The Morgan fingerprint density at radius 2 is 1.84 bits per heavy atom. The van der Waals surface area contributed by atoms with Crippen LogP contribution in [0.5, 0.6) is 5.75 Å². The van der Waals surface area contributed by atoms with Gasteiger partial charge in [0.1, 0.15) is 11.6 Å². The number of benzene rings is 1. The predicted octanol–water partition coefficient (Wildman–Crippen LogP) is 4.97. The van der Waals surface area contributed by atoms with E-state index >= 15 is 0 Å². The molecule has 3 aromatic rings. The van der Waals surface area contributed by atoms with Crippen molar-refractivity contribution >= 4 is 23.2 Å². The Kier molecular flexibility index (Phi) is 5.79. The van der Waals surface area contributed by atoms with Crippen molar-refractivity contribution in [1.29, 1.82) is 0 Å². The molecule has 1 unspecified atom stereocenters. The lowest BCUT2D eigenvalue weighted by atomic mass is 9.95. The van der Waals surface area contributed by atoms with Gasteiger partial charge in [-0.2, -0.15) is 13.2 Å². The van der Waals surface area contributed by atoms with Gasteiger partial charge in [0.2, 0.25) is 0 Å². The molecular weight excluding hydrogens is 445 g/mol. The van der Waals surface area contributed by atoms with Crippen molar-refractivity contribution in [3.05, 3.63) is 59.0 Å². The van der Waals surface area contributed by atoms with Gasteiger partial charge in [0.25, 0.3) is 5.91 Å². The average Bonchev–Trinajstić information content (AvgIpc) is 3.17. The number of likely N-dealkylation sites (tertiary alicyclic amines) is 1. The third-order valence-electron chi connectivity index (χ3n) is 5.53. The van der Waals surface area contributed by atoms with E-state index in [0.717, 1.165) is 12.3 Å². The molecule has 1 aliphatic heterocycles. The van der Waals surface area contributed by atoms with E-state index in [0.29, 0.717) is 48.2 Å². The van der Waals surface area contributed by atoms with E-state index in [1.165, 1.54) is 10.5 Å². The molecule has 0 radical (unpaired) electrons. The molecule has 32 heavy (non-hydrogen) atoms. The quantitative estimate of drug-likeness (QED) is 0.545. The van der Waals surface area contributed by atoms with Crippen molar-refractivity contribution in [2.75, 3.05) is 13.1 Å². The summed E-state index contributed by atoms with van der Waals surface area (Å²) < 4.78 is 46.8. The van der Waals surface area contributed by atoms with Gasteiger partial charge < -0.3 is 9.64 Å². The maximum atomic E-state index is 13.2. The smallest absolute Gasteiger partial charge is 0.417 e. The molecule has 1 saturated heterocycles. The van der Waals surface area contributed by atoms with Gasteiger partial charge in [-0.3, -0.25) is 9.20 Å². The number of nitrogens with zero attached hydrogens (tertiary/aromatic N) is 4. The highest BCUT2D eigenvalue weighted by Crippen LogP contribution is 2.32. The first-order valence-electron chi connectivity index (χ1n) is 10.2. The molecule has 1 atom stereocenters. The number of aromatic nitrogens is 3. The number of halogens is 4. The summed E-state index contributed by atoms with van der Waals surface area (Å²) in [6.45, 7) is 4.24. The number of amides is 1. The highest BCUT2D eigenvalue weighted by atomic mass is 35.5. The summed E-state index contributed by atoms with van der Waals surface area (Å²) in [7, 11) is 0. The predicted molar refractivity (Wildman–Crippen MR) is 113 cm³/mol. The zero-order valence-corrected chi connectivity index (χ0v) is 18.3. The molecule has 3 heterocycles. The number of piperidine rings is 1. The molecule has 10 heteroatoms. The Bertz CT molecular complexity index is 1130. The van der Waals surface area contributed by atoms with Crippen molar-refractivity contribution in [3.63, 3.8) is 0 Å². The normalized spacial score (nSPS) is 17.6. The fourth-order valence-corrected chi connectivity index (χ4v) is 4.07. The highest BCUT2D eigenvalue weighted by molar-refractivity contribution is 6.30. The SMILES string of the molecule is CC(C)(Oc1ccc(Cl)cc1)C(=O)N1CCCC(c2nnc3ccc(C(F)(F)F)cn23)C1. The number of carbonyl (C=O) groups excluding carboxylic acids is 1. The van der Waals surface area contributed by atoms with Gasteiger partial charge in [-0.05, 0) is 63.1 Å². The van der Waals surface area contributed by atoms with E-state index < -0.39 is 17.3 Å². The molecule has 170 valence electrons. The topological polar surface area (TPSA) is 59.7 Å². The summed E-state index contributed by atoms with van der Waals surface area (Å²) in [5.41, 5.74) is -1.57. The number of fused-ring (bicyclic) bond motifs is 1. The maximum Gasteiger partial charge on any atom is 0.417 e. The Morgan fingerprint density at radius 3 is 2.53 bits per heavy atom. The van der Waals surface area contributed by atoms with Crippen molar-refractivity contribution in [3.8, 4) is 5.75 Å². The Hall–Kier alpha value is -2.81. The molecule has 1 amide bonds. The summed E-state index contributed by atoms with van der Waals surface area (Å²) in [5.74, 6) is 0.490. The van der Waals surface area contributed by atoms with Crippen LogP contribution in [0.2, 0.25) is 5.02 Å². The summed E-state index contributed by atoms with van der Waals surface area (Å²) in [6, 6.07) is 9.03. The van der Waals surface area contributed by atoms with Crippen LogP contribution < -0.4 is 4.74 Å². The minimum Gasteiger partial charge on any atom is -0.478 e. The highest BCUT2D eigenvalue weighted by Gasteiger charge is 2.38. The molecule has 0 spiro atoms. The molecule has 1 aliphatic rings. The second-order valence-corrected chi connectivity index (χ2v) is 8.79. The summed E-state index contributed by atoms with van der Waals surface area (Å²) in [6.07, 6.45) is -2.06. The van der Waals surface area contributed by atoms with Crippen LogP contribution in [-0.2, 0) is 11.0 Å². The minimum absolute atomic E-state index is 0.207. The summed E-state index contributed by atoms with van der Waals surface area (Å²) in [5, 5.41) is 8.71. The first-order valence-corrected chi connectivity index (χ1v) is 10.6. The summed E-state index contributed by atoms with van der Waals surface area (Å²) >= 11 is 5.90. The molecule has 0 aliphatic carbocycles. The molecule has 4 rings (SSSR count). The zero-order chi connectivity index (χ0) is 23.1. The lowest BCUT2D eigenvalue weighted by Crippen LogP contribution is -2.51. The first kappa shape index (κ1) is 22.4. The maximum absolute atomic E-state index is 13.2. The van der Waals surface area contributed by atoms with Gasteiger partial charge in [0.15, 0.2) is 11.2 Å². The Balaban J connectivity index is 1.54. The van der Waals surface area contributed by atoms with E-state index in [1.807, 2.05) is 0 Å². The monoisotopic (exact) mass is 466 g/mol. The average molecular weight is 467 g/mol. The number of carbonyl (C=O) groups is 1. The summed E-state index contributed by atoms with van der Waals surface area (Å²) in [4.78, 5) is 14.9. The van der Waals surface area contributed by atoms with Crippen LogP contribution in [0.25, 0.3) is 5.65 Å². The van der Waals surface area contributed by atoms with Crippen LogP contribution >= 0.6 is 11.6 Å². The number of alkyl halides is 3. The van der Waals surface area contributed by atoms with Crippen molar-refractivity contribution in [1.82, 2.24) is 19.5 Å². The standard InChI is InChI=1S/C22H22ClF3N4O2/c1-21(2,32-17-8-6-16(23)7-9-17)20(31)29-11-3-4-14(12-29)19-28-27-18-10-5-15(13-30(18)19)22(24,25)26/h5-10,13-14H,3-4,11-12H2,1-2H3.